The standard InChI is InChI=1S/C14H23N5O3/c1-16-12-11(13(20)17(2)14(16)21)9-19(10-15-12)4-3-18-5-7-22-8-6-18/h15H,3-10H2,1-2H3/p+2. The Morgan fingerprint density at radius 2 is 1.77 bits per heavy atom. The van der Waals surface area contributed by atoms with Gasteiger partial charge in [-0.1, -0.05) is 0 Å². The minimum Gasteiger partial charge on any atom is -0.370 e. The number of nitrogens with zero attached hydrogens (tertiary/aromatic N) is 2. The minimum atomic E-state index is -0.280. The van der Waals surface area contributed by atoms with Crippen molar-refractivity contribution >= 4 is 5.82 Å². The molecule has 1 atom stereocenters. The molecule has 1 unspecified atom stereocenters. The first-order valence-electron chi connectivity index (χ1n) is 7.85. The molecule has 0 radical (unpaired) electrons. The summed E-state index contributed by atoms with van der Waals surface area (Å²) in [5.41, 5.74) is 0.252. The third-order valence-corrected chi connectivity index (χ3v) is 4.72. The second-order valence-electron chi connectivity index (χ2n) is 6.18. The molecule has 8 heteroatoms. The summed E-state index contributed by atoms with van der Waals surface area (Å²) in [4.78, 5) is 27.2. The number of rotatable bonds is 3. The molecule has 0 aliphatic carbocycles. The Kier molecular flexibility index (Phi) is 4.32. The lowest BCUT2D eigenvalue weighted by Gasteiger charge is -2.30. The van der Waals surface area contributed by atoms with E-state index in [9.17, 15) is 9.59 Å². The van der Waals surface area contributed by atoms with Gasteiger partial charge in [-0.05, 0) is 0 Å². The Morgan fingerprint density at radius 1 is 1.09 bits per heavy atom. The van der Waals surface area contributed by atoms with Crippen LogP contribution in [-0.2, 0) is 25.4 Å². The fraction of sp³-hybridized carbons (Fsp3) is 0.714. The molecular formula is C14H25N5O3+2. The van der Waals surface area contributed by atoms with Gasteiger partial charge in [0.1, 0.15) is 44.1 Å². The molecule has 1 aromatic rings. The number of anilines is 1. The molecule has 0 aromatic carbocycles. The van der Waals surface area contributed by atoms with E-state index in [1.165, 1.54) is 21.1 Å². The number of ether oxygens (including phenoxy) is 1. The van der Waals surface area contributed by atoms with Crippen LogP contribution in [0.5, 0.6) is 0 Å². The van der Waals surface area contributed by atoms with Gasteiger partial charge in [-0.2, -0.15) is 0 Å². The van der Waals surface area contributed by atoms with Crippen molar-refractivity contribution in [3.63, 3.8) is 0 Å². The van der Waals surface area contributed by atoms with Crippen LogP contribution < -0.4 is 26.4 Å². The summed E-state index contributed by atoms with van der Waals surface area (Å²) >= 11 is 0. The van der Waals surface area contributed by atoms with E-state index in [1.54, 1.807) is 11.9 Å². The van der Waals surface area contributed by atoms with Crippen LogP contribution in [0.1, 0.15) is 5.56 Å². The van der Waals surface area contributed by atoms with Crippen LogP contribution in [0.25, 0.3) is 0 Å². The van der Waals surface area contributed by atoms with Crippen molar-refractivity contribution in [1.29, 1.82) is 0 Å². The highest BCUT2D eigenvalue weighted by molar-refractivity contribution is 5.43. The molecule has 0 amide bonds. The van der Waals surface area contributed by atoms with E-state index in [-0.39, 0.29) is 11.2 Å². The monoisotopic (exact) mass is 311 g/mol. The predicted octanol–water partition coefficient (Wildman–Crippen LogP) is -4.23. The number of hydrogen-bond donors (Lipinski definition) is 3. The molecular weight excluding hydrogens is 286 g/mol. The normalized spacial score (nSPS) is 22.2. The van der Waals surface area contributed by atoms with Crippen LogP contribution in [-0.4, -0.2) is 55.2 Å². The molecule has 0 saturated carbocycles. The van der Waals surface area contributed by atoms with Crippen molar-refractivity contribution in [2.75, 3.05) is 51.4 Å². The SMILES string of the molecule is Cn1c2c(c(=O)n(C)c1=O)C[NH+](CC[NH+]1CCOCC1)CN2. The Morgan fingerprint density at radius 3 is 2.50 bits per heavy atom. The molecule has 2 aliphatic rings. The first kappa shape index (κ1) is 15.3. The summed E-state index contributed by atoms with van der Waals surface area (Å²) in [6.07, 6.45) is 0. The first-order valence-corrected chi connectivity index (χ1v) is 7.85. The zero-order chi connectivity index (χ0) is 15.7. The zero-order valence-electron chi connectivity index (χ0n) is 13.3. The second kappa shape index (κ2) is 6.23. The van der Waals surface area contributed by atoms with E-state index >= 15 is 0 Å². The van der Waals surface area contributed by atoms with Gasteiger partial charge in [-0.25, -0.2) is 4.79 Å². The Hall–Kier alpha value is -1.64. The van der Waals surface area contributed by atoms with E-state index in [2.05, 4.69) is 5.32 Å². The number of hydrogen-bond acceptors (Lipinski definition) is 4. The average molecular weight is 311 g/mol. The van der Waals surface area contributed by atoms with Gasteiger partial charge in [-0.15, -0.1) is 0 Å². The van der Waals surface area contributed by atoms with Crippen LogP contribution in [0.2, 0.25) is 0 Å². The van der Waals surface area contributed by atoms with Gasteiger partial charge in [0, 0.05) is 14.1 Å². The van der Waals surface area contributed by atoms with Gasteiger partial charge in [0.05, 0.1) is 13.2 Å². The summed E-state index contributed by atoms with van der Waals surface area (Å²) in [6.45, 7) is 7.32. The lowest BCUT2D eigenvalue weighted by atomic mass is 10.2. The van der Waals surface area contributed by atoms with Gasteiger partial charge in [0.15, 0.2) is 6.67 Å². The molecule has 22 heavy (non-hydrogen) atoms. The number of aromatic nitrogens is 2. The summed E-state index contributed by atoms with van der Waals surface area (Å²) in [5.74, 6) is 0.676. The van der Waals surface area contributed by atoms with Crippen LogP contribution >= 0.6 is 0 Å². The van der Waals surface area contributed by atoms with Crippen LogP contribution in [0, 0.1) is 0 Å². The average Bonchev–Trinajstić information content (AvgIpc) is 2.57. The second-order valence-corrected chi connectivity index (χ2v) is 6.18. The van der Waals surface area contributed by atoms with Crippen molar-refractivity contribution in [1.82, 2.24) is 9.13 Å². The third kappa shape index (κ3) is 2.81. The lowest BCUT2D eigenvalue weighted by molar-refractivity contribution is -0.966. The smallest absolute Gasteiger partial charge is 0.332 e. The maximum Gasteiger partial charge on any atom is 0.332 e. The lowest BCUT2D eigenvalue weighted by Crippen LogP contribution is -3.21. The highest BCUT2D eigenvalue weighted by atomic mass is 16.5. The number of fused-ring (bicyclic) bond motifs is 1. The summed E-state index contributed by atoms with van der Waals surface area (Å²) in [7, 11) is 3.24. The Bertz CT molecular complexity index is 660. The fourth-order valence-electron chi connectivity index (χ4n) is 3.26. The highest BCUT2D eigenvalue weighted by Crippen LogP contribution is 2.08. The zero-order valence-corrected chi connectivity index (χ0v) is 13.3. The Labute approximate surface area is 128 Å². The Balaban J connectivity index is 1.71. The van der Waals surface area contributed by atoms with Gasteiger partial charge in [-0.3, -0.25) is 13.9 Å². The molecule has 3 N–H and O–H groups in total. The molecule has 3 rings (SSSR count). The van der Waals surface area contributed by atoms with Crippen molar-refractivity contribution in [2.45, 2.75) is 6.54 Å². The molecule has 1 fully saturated rings. The molecule has 1 saturated heterocycles. The fourth-order valence-corrected chi connectivity index (χ4v) is 3.26. The molecule has 8 nitrogen and oxygen atoms in total. The van der Waals surface area contributed by atoms with Crippen molar-refractivity contribution in [3.05, 3.63) is 26.4 Å². The van der Waals surface area contributed by atoms with Crippen molar-refractivity contribution in [3.8, 4) is 0 Å². The minimum absolute atomic E-state index is 0.179. The van der Waals surface area contributed by atoms with Gasteiger partial charge >= 0.3 is 5.69 Å². The third-order valence-electron chi connectivity index (χ3n) is 4.72. The number of quaternary nitrogens is 2. The van der Waals surface area contributed by atoms with E-state index in [0.717, 1.165) is 46.1 Å². The summed E-state index contributed by atoms with van der Waals surface area (Å²) in [5, 5.41) is 3.26. The predicted molar refractivity (Wildman–Crippen MR) is 81.3 cm³/mol. The highest BCUT2D eigenvalue weighted by Gasteiger charge is 2.26. The maximum absolute atomic E-state index is 12.3. The van der Waals surface area contributed by atoms with E-state index in [1.807, 2.05) is 0 Å². The van der Waals surface area contributed by atoms with E-state index < -0.39 is 0 Å². The maximum atomic E-state index is 12.3. The molecule has 122 valence electrons. The number of morpholine rings is 1. The molecule has 1 aromatic heterocycles. The van der Waals surface area contributed by atoms with Crippen molar-refractivity contribution in [2.24, 2.45) is 14.1 Å². The van der Waals surface area contributed by atoms with E-state index in [4.69, 9.17) is 4.74 Å². The topological polar surface area (TPSA) is 74.1 Å². The van der Waals surface area contributed by atoms with Crippen LogP contribution in [0.15, 0.2) is 9.59 Å². The largest absolute Gasteiger partial charge is 0.370 e. The first-order chi connectivity index (χ1) is 10.6. The molecule has 2 aliphatic heterocycles. The number of nitrogens with one attached hydrogen (secondary N) is 3. The van der Waals surface area contributed by atoms with Gasteiger partial charge in [0.25, 0.3) is 5.56 Å². The van der Waals surface area contributed by atoms with Crippen molar-refractivity contribution < 1.29 is 14.5 Å². The van der Waals surface area contributed by atoms with Gasteiger partial charge in [0.2, 0.25) is 0 Å². The molecule has 3 heterocycles. The molecule has 0 spiro atoms. The summed E-state index contributed by atoms with van der Waals surface area (Å²) < 4.78 is 8.09. The van der Waals surface area contributed by atoms with Crippen LogP contribution in [0.3, 0.4) is 0 Å². The molecule has 0 bridgehead atoms. The van der Waals surface area contributed by atoms with E-state index in [0.29, 0.717) is 17.9 Å². The van der Waals surface area contributed by atoms with Crippen LogP contribution in [0.4, 0.5) is 5.82 Å². The quantitative estimate of drug-likeness (QED) is 0.529. The summed E-state index contributed by atoms with van der Waals surface area (Å²) in [6, 6.07) is 0. The van der Waals surface area contributed by atoms with Gasteiger partial charge < -0.3 is 19.9 Å².